The van der Waals surface area contributed by atoms with Crippen LogP contribution in [0.1, 0.15) is 24.4 Å². The maximum atomic E-state index is 12.9. The second-order valence-corrected chi connectivity index (χ2v) is 5.36. The second-order valence-electron chi connectivity index (χ2n) is 5.36. The fraction of sp³-hybridized carbons (Fsp3) is 0.375. The third-order valence-corrected chi connectivity index (χ3v) is 3.52. The summed E-state index contributed by atoms with van der Waals surface area (Å²) in [7, 11) is 1.97. The third-order valence-electron chi connectivity index (χ3n) is 3.52. The van der Waals surface area contributed by atoms with Crippen LogP contribution in [0.5, 0.6) is 0 Å². The van der Waals surface area contributed by atoms with E-state index in [1.54, 1.807) is 12.1 Å². The first kappa shape index (κ1) is 13.2. The first-order valence-electron chi connectivity index (χ1n) is 6.98. The van der Waals surface area contributed by atoms with Gasteiger partial charge in [-0.3, -0.25) is 0 Å². The second kappa shape index (κ2) is 5.67. The van der Waals surface area contributed by atoms with E-state index in [1.807, 2.05) is 24.1 Å². The number of hydrogen-bond donors (Lipinski definition) is 1. The molecule has 0 unspecified atom stereocenters. The largest absolute Gasteiger partial charge is 0.463 e. The lowest BCUT2D eigenvalue weighted by molar-refractivity contribution is 0.445. The van der Waals surface area contributed by atoms with Crippen LogP contribution in [-0.2, 0) is 13.1 Å². The predicted molar refractivity (Wildman–Crippen MR) is 77.1 cm³/mol. The van der Waals surface area contributed by atoms with Gasteiger partial charge < -0.3 is 14.6 Å². The molecule has 0 aliphatic heterocycles. The summed E-state index contributed by atoms with van der Waals surface area (Å²) in [4.78, 5) is 2.04. The van der Waals surface area contributed by atoms with Crippen LogP contribution in [0.4, 0.5) is 10.1 Å². The minimum Gasteiger partial charge on any atom is -0.463 e. The van der Waals surface area contributed by atoms with Crippen molar-refractivity contribution >= 4 is 5.69 Å². The minimum absolute atomic E-state index is 0.214. The summed E-state index contributed by atoms with van der Waals surface area (Å²) in [6.45, 7) is 1.47. The lowest BCUT2D eigenvalue weighted by atomic mass is 10.3. The fourth-order valence-electron chi connectivity index (χ4n) is 2.16. The Balaban J connectivity index is 1.57. The van der Waals surface area contributed by atoms with Gasteiger partial charge in [0.1, 0.15) is 17.3 Å². The highest BCUT2D eigenvalue weighted by Gasteiger charge is 2.20. The highest BCUT2D eigenvalue weighted by Crippen LogP contribution is 2.20. The van der Waals surface area contributed by atoms with Gasteiger partial charge in [0.15, 0.2) is 0 Å². The van der Waals surface area contributed by atoms with Crippen molar-refractivity contribution in [3.63, 3.8) is 0 Å². The van der Waals surface area contributed by atoms with Crippen molar-refractivity contribution < 1.29 is 8.81 Å². The molecule has 1 aliphatic rings. The van der Waals surface area contributed by atoms with E-state index in [0.717, 1.165) is 23.8 Å². The fourth-order valence-corrected chi connectivity index (χ4v) is 2.16. The molecule has 106 valence electrons. The first-order chi connectivity index (χ1) is 9.70. The van der Waals surface area contributed by atoms with Gasteiger partial charge >= 0.3 is 0 Å². The van der Waals surface area contributed by atoms with Gasteiger partial charge in [0.25, 0.3) is 0 Å². The number of anilines is 1. The zero-order chi connectivity index (χ0) is 13.9. The molecule has 1 aromatic heterocycles. The van der Waals surface area contributed by atoms with Crippen LogP contribution in [-0.4, -0.2) is 13.1 Å². The van der Waals surface area contributed by atoms with Gasteiger partial charge in [0, 0.05) is 18.8 Å². The lowest BCUT2D eigenvalue weighted by Crippen LogP contribution is -2.16. The Morgan fingerprint density at radius 1 is 1.15 bits per heavy atom. The topological polar surface area (TPSA) is 28.4 Å². The van der Waals surface area contributed by atoms with Gasteiger partial charge in [-0.1, -0.05) is 0 Å². The van der Waals surface area contributed by atoms with E-state index in [9.17, 15) is 4.39 Å². The summed E-state index contributed by atoms with van der Waals surface area (Å²) in [6.07, 6.45) is 2.56. The number of hydrogen-bond acceptors (Lipinski definition) is 3. The van der Waals surface area contributed by atoms with E-state index < -0.39 is 0 Å². The van der Waals surface area contributed by atoms with Crippen LogP contribution in [0, 0.1) is 5.82 Å². The molecule has 0 amide bonds. The van der Waals surface area contributed by atoms with Crippen LogP contribution >= 0.6 is 0 Å². The van der Waals surface area contributed by atoms with Crippen molar-refractivity contribution in [2.24, 2.45) is 0 Å². The normalized spacial score (nSPS) is 14.5. The van der Waals surface area contributed by atoms with Crippen LogP contribution in [0.2, 0.25) is 0 Å². The van der Waals surface area contributed by atoms with Gasteiger partial charge in [0.2, 0.25) is 0 Å². The molecule has 3 nitrogen and oxygen atoms in total. The maximum absolute atomic E-state index is 12.9. The Bertz CT molecular complexity index is 560. The summed E-state index contributed by atoms with van der Waals surface area (Å²) in [5.41, 5.74) is 0.973. The molecule has 1 saturated carbocycles. The molecule has 0 radical (unpaired) electrons. The molecule has 1 heterocycles. The number of benzene rings is 1. The summed E-state index contributed by atoms with van der Waals surface area (Å²) in [6, 6.07) is 11.2. The van der Waals surface area contributed by atoms with Crippen LogP contribution < -0.4 is 10.2 Å². The average Bonchev–Trinajstić information content (AvgIpc) is 3.17. The van der Waals surface area contributed by atoms with Gasteiger partial charge in [0.05, 0.1) is 13.1 Å². The first-order valence-corrected chi connectivity index (χ1v) is 6.98. The summed E-state index contributed by atoms with van der Waals surface area (Å²) in [5, 5.41) is 3.43. The zero-order valence-corrected chi connectivity index (χ0v) is 11.6. The van der Waals surface area contributed by atoms with Gasteiger partial charge in [-0.2, -0.15) is 0 Å². The molecule has 1 aliphatic carbocycles. The van der Waals surface area contributed by atoms with Crippen molar-refractivity contribution in [2.75, 3.05) is 11.9 Å². The Morgan fingerprint density at radius 2 is 1.85 bits per heavy atom. The molecule has 0 atom stereocenters. The van der Waals surface area contributed by atoms with Crippen LogP contribution in [0.15, 0.2) is 40.8 Å². The van der Waals surface area contributed by atoms with E-state index >= 15 is 0 Å². The molecular formula is C16H19FN2O. The minimum atomic E-state index is -0.214. The third kappa shape index (κ3) is 3.39. The van der Waals surface area contributed by atoms with E-state index in [-0.39, 0.29) is 5.82 Å². The summed E-state index contributed by atoms with van der Waals surface area (Å²) in [5.74, 6) is 1.68. The standard InChI is InChI=1S/C16H19FN2O/c1-19(14-6-2-12(17)3-7-14)11-16-9-8-15(20-16)10-18-13-4-5-13/h2-3,6-9,13,18H,4-5,10-11H2,1H3. The van der Waals surface area contributed by atoms with Crippen molar-refractivity contribution in [1.29, 1.82) is 0 Å². The van der Waals surface area contributed by atoms with E-state index in [1.165, 1.54) is 25.0 Å². The van der Waals surface area contributed by atoms with Crippen molar-refractivity contribution in [1.82, 2.24) is 5.32 Å². The van der Waals surface area contributed by atoms with Gasteiger partial charge in [-0.05, 0) is 49.2 Å². The van der Waals surface area contributed by atoms with Crippen molar-refractivity contribution in [2.45, 2.75) is 32.0 Å². The summed E-state index contributed by atoms with van der Waals surface area (Å²) < 4.78 is 18.7. The van der Waals surface area contributed by atoms with Gasteiger partial charge in [-0.25, -0.2) is 4.39 Å². The molecule has 2 aromatic rings. The number of nitrogens with one attached hydrogen (secondary N) is 1. The van der Waals surface area contributed by atoms with Gasteiger partial charge in [-0.15, -0.1) is 0 Å². The Hall–Kier alpha value is -1.81. The maximum Gasteiger partial charge on any atom is 0.123 e. The van der Waals surface area contributed by atoms with E-state index in [4.69, 9.17) is 4.42 Å². The van der Waals surface area contributed by atoms with E-state index in [2.05, 4.69) is 5.32 Å². The Kier molecular flexibility index (Phi) is 3.74. The molecule has 20 heavy (non-hydrogen) atoms. The van der Waals surface area contributed by atoms with Crippen LogP contribution in [0.3, 0.4) is 0 Å². The zero-order valence-electron chi connectivity index (χ0n) is 11.6. The van der Waals surface area contributed by atoms with Crippen LogP contribution in [0.25, 0.3) is 0 Å². The molecule has 1 fully saturated rings. The molecule has 0 spiro atoms. The molecule has 0 bridgehead atoms. The quantitative estimate of drug-likeness (QED) is 0.876. The SMILES string of the molecule is CN(Cc1ccc(CNC2CC2)o1)c1ccc(F)cc1. The number of rotatable bonds is 6. The molecular weight excluding hydrogens is 255 g/mol. The summed E-state index contributed by atoms with van der Waals surface area (Å²) >= 11 is 0. The monoisotopic (exact) mass is 274 g/mol. The predicted octanol–water partition coefficient (Wildman–Crippen LogP) is 3.31. The number of halogens is 1. The highest BCUT2D eigenvalue weighted by atomic mass is 19.1. The average molecular weight is 274 g/mol. The molecule has 4 heteroatoms. The number of furan rings is 1. The smallest absolute Gasteiger partial charge is 0.123 e. The highest BCUT2D eigenvalue weighted by molar-refractivity contribution is 5.45. The van der Waals surface area contributed by atoms with Crippen molar-refractivity contribution in [3.8, 4) is 0 Å². The lowest BCUT2D eigenvalue weighted by Gasteiger charge is -2.17. The number of nitrogens with zero attached hydrogens (tertiary/aromatic N) is 1. The molecule has 1 aromatic carbocycles. The van der Waals surface area contributed by atoms with E-state index in [0.29, 0.717) is 12.6 Å². The molecule has 1 N–H and O–H groups in total. The molecule has 3 rings (SSSR count). The molecule has 0 saturated heterocycles. The Morgan fingerprint density at radius 3 is 2.55 bits per heavy atom. The Labute approximate surface area is 118 Å². The van der Waals surface area contributed by atoms with Crippen molar-refractivity contribution in [3.05, 3.63) is 53.7 Å².